The lowest BCUT2D eigenvalue weighted by atomic mass is 9.79. The van der Waals surface area contributed by atoms with Crippen molar-refractivity contribution >= 4 is 0 Å². The van der Waals surface area contributed by atoms with Gasteiger partial charge in [0.2, 0.25) is 0 Å². The molecule has 0 spiro atoms. The van der Waals surface area contributed by atoms with E-state index in [1.807, 2.05) is 0 Å². The maximum Gasteiger partial charge on any atom is -0.00143 e. The van der Waals surface area contributed by atoms with Gasteiger partial charge in [0.1, 0.15) is 0 Å². The van der Waals surface area contributed by atoms with Crippen LogP contribution >= 0.6 is 0 Å². The maximum absolute atomic E-state index is 2.41. The van der Waals surface area contributed by atoms with E-state index in [0.717, 1.165) is 0 Å². The molecule has 0 amide bonds. The SMILES string of the molecule is c1ccc(-c2ccc(-c3cc(-c4ccccc4)c(-c4ccccc4)c(-c4ccccc4)c3-c3ccccc3)cc2)cc1. The summed E-state index contributed by atoms with van der Waals surface area (Å²) in [5.41, 5.74) is 14.6. The first-order chi connectivity index (χ1) is 20.9. The Morgan fingerprint density at radius 2 is 0.452 bits per heavy atom. The summed E-state index contributed by atoms with van der Waals surface area (Å²) in [6.45, 7) is 0. The van der Waals surface area contributed by atoms with Crippen LogP contribution < -0.4 is 0 Å². The van der Waals surface area contributed by atoms with E-state index in [4.69, 9.17) is 0 Å². The van der Waals surface area contributed by atoms with E-state index in [-0.39, 0.29) is 0 Å². The predicted molar refractivity (Wildman–Crippen MR) is 179 cm³/mol. The summed E-state index contributed by atoms with van der Waals surface area (Å²) in [5, 5.41) is 0. The topological polar surface area (TPSA) is 0 Å². The summed E-state index contributed by atoms with van der Waals surface area (Å²) in [5.74, 6) is 0. The van der Waals surface area contributed by atoms with E-state index in [1.54, 1.807) is 0 Å². The molecule has 0 unspecified atom stereocenters. The fraction of sp³-hybridized carbons (Fsp3) is 0. The molecule has 0 saturated carbocycles. The fourth-order valence-corrected chi connectivity index (χ4v) is 5.93. The minimum Gasteiger partial charge on any atom is -0.0622 e. The van der Waals surface area contributed by atoms with Crippen molar-refractivity contribution < 1.29 is 0 Å². The Morgan fingerprint density at radius 1 is 0.190 bits per heavy atom. The van der Waals surface area contributed by atoms with E-state index in [1.165, 1.54) is 66.8 Å². The molecule has 0 radical (unpaired) electrons. The first kappa shape index (κ1) is 25.5. The lowest BCUT2D eigenvalue weighted by Gasteiger charge is -2.24. The summed E-state index contributed by atoms with van der Waals surface area (Å²) < 4.78 is 0. The highest BCUT2D eigenvalue weighted by molar-refractivity contribution is 6.07. The van der Waals surface area contributed by atoms with E-state index < -0.39 is 0 Å². The fourth-order valence-electron chi connectivity index (χ4n) is 5.93. The third-order valence-corrected chi connectivity index (χ3v) is 7.90. The average molecular weight is 535 g/mol. The van der Waals surface area contributed by atoms with Gasteiger partial charge in [-0.15, -0.1) is 0 Å². The third-order valence-electron chi connectivity index (χ3n) is 7.90. The van der Waals surface area contributed by atoms with E-state index in [0.29, 0.717) is 0 Å². The van der Waals surface area contributed by atoms with Crippen molar-refractivity contribution in [3.8, 4) is 66.8 Å². The first-order valence-corrected chi connectivity index (χ1v) is 14.5. The van der Waals surface area contributed by atoms with Crippen molar-refractivity contribution in [3.05, 3.63) is 182 Å². The number of rotatable bonds is 6. The number of hydrogen-bond acceptors (Lipinski definition) is 0. The van der Waals surface area contributed by atoms with Gasteiger partial charge < -0.3 is 0 Å². The minimum atomic E-state index is 1.20. The van der Waals surface area contributed by atoms with E-state index in [9.17, 15) is 0 Å². The van der Waals surface area contributed by atoms with Gasteiger partial charge in [0.15, 0.2) is 0 Å². The summed E-state index contributed by atoms with van der Waals surface area (Å²) in [6, 6.07) is 65.4. The molecule has 7 aromatic rings. The molecule has 0 heteroatoms. The number of benzene rings is 7. The molecule has 7 aromatic carbocycles. The Kier molecular flexibility index (Phi) is 7.02. The maximum atomic E-state index is 2.41. The second kappa shape index (κ2) is 11.6. The third kappa shape index (κ3) is 4.96. The molecule has 42 heavy (non-hydrogen) atoms. The van der Waals surface area contributed by atoms with Crippen molar-refractivity contribution in [3.63, 3.8) is 0 Å². The molecular formula is C42H30. The standard InChI is InChI=1S/C42H30/c1-6-16-31(17-7-1)32-26-28-34(29-27-32)39-30-38(33-18-8-2-9-19-33)40(35-20-10-3-11-21-35)42(37-24-14-5-15-25-37)41(39)36-22-12-4-13-23-36/h1-30H. The average Bonchev–Trinajstić information content (AvgIpc) is 3.09. The van der Waals surface area contributed by atoms with Crippen molar-refractivity contribution in [1.82, 2.24) is 0 Å². The molecule has 0 N–H and O–H groups in total. The lowest BCUT2D eigenvalue weighted by molar-refractivity contribution is 1.52. The van der Waals surface area contributed by atoms with Gasteiger partial charge in [-0.1, -0.05) is 176 Å². The van der Waals surface area contributed by atoms with Crippen LogP contribution in [0.25, 0.3) is 66.8 Å². The van der Waals surface area contributed by atoms with Crippen LogP contribution in [0.3, 0.4) is 0 Å². The zero-order chi connectivity index (χ0) is 28.1. The van der Waals surface area contributed by atoms with Crippen molar-refractivity contribution in [2.75, 3.05) is 0 Å². The summed E-state index contributed by atoms with van der Waals surface area (Å²) in [4.78, 5) is 0. The van der Waals surface area contributed by atoms with Crippen LogP contribution in [-0.2, 0) is 0 Å². The van der Waals surface area contributed by atoms with Crippen LogP contribution in [0.4, 0.5) is 0 Å². The van der Waals surface area contributed by atoms with E-state index in [2.05, 4.69) is 182 Å². The zero-order valence-electron chi connectivity index (χ0n) is 23.3. The largest absolute Gasteiger partial charge is 0.0622 e. The molecule has 0 atom stereocenters. The molecule has 0 saturated heterocycles. The molecule has 0 nitrogen and oxygen atoms in total. The molecule has 198 valence electrons. The van der Waals surface area contributed by atoms with Crippen LogP contribution in [0.5, 0.6) is 0 Å². The molecule has 0 aliphatic heterocycles. The normalized spacial score (nSPS) is 10.9. The smallest absolute Gasteiger partial charge is 0.00143 e. The van der Waals surface area contributed by atoms with Gasteiger partial charge in [-0.05, 0) is 72.8 Å². The molecule has 0 heterocycles. The molecule has 0 aliphatic rings. The van der Waals surface area contributed by atoms with Crippen LogP contribution in [0.2, 0.25) is 0 Å². The van der Waals surface area contributed by atoms with Crippen LogP contribution in [0, 0.1) is 0 Å². The Morgan fingerprint density at radius 3 is 0.857 bits per heavy atom. The summed E-state index contributed by atoms with van der Waals surface area (Å²) >= 11 is 0. The predicted octanol–water partition coefficient (Wildman–Crippen LogP) is 11.7. The van der Waals surface area contributed by atoms with E-state index >= 15 is 0 Å². The Bertz CT molecular complexity index is 1910. The molecule has 0 aromatic heterocycles. The molecule has 7 rings (SSSR count). The number of hydrogen-bond donors (Lipinski definition) is 0. The van der Waals surface area contributed by atoms with Crippen LogP contribution in [0.15, 0.2) is 182 Å². The van der Waals surface area contributed by atoms with Gasteiger partial charge in [0, 0.05) is 0 Å². The van der Waals surface area contributed by atoms with Gasteiger partial charge in [-0.3, -0.25) is 0 Å². The second-order valence-electron chi connectivity index (χ2n) is 10.5. The van der Waals surface area contributed by atoms with Gasteiger partial charge in [0.05, 0.1) is 0 Å². The Labute approximate surface area is 248 Å². The first-order valence-electron chi connectivity index (χ1n) is 14.5. The van der Waals surface area contributed by atoms with Gasteiger partial charge in [-0.2, -0.15) is 0 Å². The highest BCUT2D eigenvalue weighted by Gasteiger charge is 2.23. The zero-order valence-corrected chi connectivity index (χ0v) is 23.3. The van der Waals surface area contributed by atoms with Crippen molar-refractivity contribution in [2.45, 2.75) is 0 Å². The molecular weight excluding hydrogens is 504 g/mol. The van der Waals surface area contributed by atoms with Gasteiger partial charge in [-0.25, -0.2) is 0 Å². The van der Waals surface area contributed by atoms with Gasteiger partial charge >= 0.3 is 0 Å². The molecule has 0 fully saturated rings. The monoisotopic (exact) mass is 534 g/mol. The summed E-state index contributed by atoms with van der Waals surface area (Å²) in [6.07, 6.45) is 0. The minimum absolute atomic E-state index is 1.20. The molecule has 0 bridgehead atoms. The summed E-state index contributed by atoms with van der Waals surface area (Å²) in [7, 11) is 0. The highest BCUT2D eigenvalue weighted by atomic mass is 14.3. The van der Waals surface area contributed by atoms with Crippen LogP contribution in [0.1, 0.15) is 0 Å². The lowest BCUT2D eigenvalue weighted by Crippen LogP contribution is -1.98. The van der Waals surface area contributed by atoms with Crippen molar-refractivity contribution in [1.29, 1.82) is 0 Å². The highest BCUT2D eigenvalue weighted by Crippen LogP contribution is 2.50. The second-order valence-corrected chi connectivity index (χ2v) is 10.5. The van der Waals surface area contributed by atoms with Crippen LogP contribution in [-0.4, -0.2) is 0 Å². The quantitative estimate of drug-likeness (QED) is 0.199. The Hall–Kier alpha value is -5.46. The Balaban J connectivity index is 1.60. The molecule has 0 aliphatic carbocycles. The van der Waals surface area contributed by atoms with Gasteiger partial charge in [0.25, 0.3) is 0 Å². The van der Waals surface area contributed by atoms with Crippen molar-refractivity contribution in [2.24, 2.45) is 0 Å².